The average Bonchev–Trinajstić information content (AvgIpc) is 2.50. The van der Waals surface area contributed by atoms with Crippen molar-refractivity contribution in [2.24, 2.45) is 0 Å². The molecule has 24 heavy (non-hydrogen) atoms. The summed E-state index contributed by atoms with van der Waals surface area (Å²) in [7, 11) is -3.59. The van der Waals surface area contributed by atoms with Crippen LogP contribution in [0.2, 0.25) is 0 Å². The molecule has 0 bridgehead atoms. The number of aryl methyl sites for hydroxylation is 1. The Labute approximate surface area is 141 Å². The van der Waals surface area contributed by atoms with Crippen molar-refractivity contribution in [2.45, 2.75) is 6.92 Å². The summed E-state index contributed by atoms with van der Waals surface area (Å²) in [5.74, 6) is -0.812. The number of rotatable bonds is 6. The third-order valence-corrected chi connectivity index (χ3v) is 4.60. The van der Waals surface area contributed by atoms with Crippen LogP contribution in [-0.2, 0) is 10.0 Å². The van der Waals surface area contributed by atoms with Crippen LogP contribution in [0.1, 0.15) is 15.9 Å². The summed E-state index contributed by atoms with van der Waals surface area (Å²) in [6.07, 6.45) is 1.04. The molecule has 0 saturated carbocycles. The van der Waals surface area contributed by atoms with Gasteiger partial charge >= 0.3 is 0 Å². The van der Waals surface area contributed by atoms with Crippen molar-refractivity contribution in [3.05, 3.63) is 65.5 Å². The highest BCUT2D eigenvalue weighted by atomic mass is 32.2. The second-order valence-corrected chi connectivity index (χ2v) is 7.34. The Morgan fingerprint density at radius 1 is 1.17 bits per heavy atom. The second-order valence-electron chi connectivity index (χ2n) is 5.44. The van der Waals surface area contributed by atoms with Crippen molar-refractivity contribution in [1.29, 1.82) is 0 Å². The van der Waals surface area contributed by atoms with E-state index in [-0.39, 0.29) is 24.7 Å². The lowest BCUT2D eigenvalue weighted by atomic mass is 10.1. The predicted molar refractivity (Wildman–Crippen MR) is 92.1 cm³/mol. The lowest BCUT2D eigenvalue weighted by Crippen LogP contribution is -2.38. The molecule has 5 nitrogen and oxygen atoms in total. The van der Waals surface area contributed by atoms with Gasteiger partial charge in [0.15, 0.2) is 0 Å². The summed E-state index contributed by atoms with van der Waals surface area (Å²) >= 11 is 0. The zero-order chi connectivity index (χ0) is 17.7. The summed E-state index contributed by atoms with van der Waals surface area (Å²) in [4.78, 5) is 12.0. The molecule has 2 aromatic carbocycles. The van der Waals surface area contributed by atoms with E-state index in [1.54, 1.807) is 12.1 Å². The maximum Gasteiger partial charge on any atom is 0.251 e. The van der Waals surface area contributed by atoms with Crippen LogP contribution >= 0.6 is 0 Å². The van der Waals surface area contributed by atoms with E-state index in [1.807, 2.05) is 19.1 Å². The van der Waals surface area contributed by atoms with Gasteiger partial charge in [0, 0.05) is 12.1 Å². The van der Waals surface area contributed by atoms with E-state index in [4.69, 9.17) is 0 Å². The number of hydrogen-bond acceptors (Lipinski definition) is 3. The molecule has 0 radical (unpaired) electrons. The first-order valence-electron chi connectivity index (χ1n) is 7.35. The van der Waals surface area contributed by atoms with Gasteiger partial charge in [-0.15, -0.1) is 0 Å². The molecular formula is C17H19FN2O3S. The molecule has 0 unspecified atom stereocenters. The molecule has 0 saturated heterocycles. The zero-order valence-corrected chi connectivity index (χ0v) is 14.3. The van der Waals surface area contributed by atoms with E-state index in [0.717, 1.165) is 22.2 Å². The van der Waals surface area contributed by atoms with Crippen LogP contribution in [0, 0.1) is 12.7 Å². The highest BCUT2D eigenvalue weighted by molar-refractivity contribution is 7.92. The monoisotopic (exact) mass is 350 g/mol. The predicted octanol–water partition coefficient (Wildman–Crippen LogP) is 2.33. The molecule has 0 aromatic heterocycles. The Bertz CT molecular complexity index is 820. The zero-order valence-electron chi connectivity index (χ0n) is 13.5. The smallest absolute Gasteiger partial charge is 0.251 e. The largest absolute Gasteiger partial charge is 0.350 e. The van der Waals surface area contributed by atoms with Gasteiger partial charge < -0.3 is 5.32 Å². The molecule has 0 heterocycles. The third-order valence-electron chi connectivity index (χ3n) is 3.41. The number of nitrogens with zero attached hydrogens (tertiary/aromatic N) is 1. The van der Waals surface area contributed by atoms with Gasteiger partial charge in [-0.2, -0.15) is 0 Å². The molecule has 1 N–H and O–H groups in total. The molecule has 0 fully saturated rings. The van der Waals surface area contributed by atoms with Crippen molar-refractivity contribution < 1.29 is 17.6 Å². The molecule has 7 heteroatoms. The first-order chi connectivity index (χ1) is 11.3. The third kappa shape index (κ3) is 4.79. The maximum absolute atomic E-state index is 13.3. The van der Waals surface area contributed by atoms with Crippen molar-refractivity contribution in [3.8, 4) is 0 Å². The van der Waals surface area contributed by atoms with Gasteiger partial charge in [0.1, 0.15) is 5.82 Å². The molecule has 0 aliphatic rings. The van der Waals surface area contributed by atoms with Crippen LogP contribution in [0.15, 0.2) is 48.5 Å². The minimum atomic E-state index is -3.59. The summed E-state index contributed by atoms with van der Waals surface area (Å²) < 4.78 is 38.2. The van der Waals surface area contributed by atoms with Crippen LogP contribution in [0.4, 0.5) is 10.1 Å². The molecule has 128 valence electrons. The molecule has 0 atom stereocenters. The van der Waals surface area contributed by atoms with E-state index >= 15 is 0 Å². The fraction of sp³-hybridized carbons (Fsp3) is 0.235. The number of sulfonamides is 1. The van der Waals surface area contributed by atoms with E-state index in [2.05, 4.69) is 5.32 Å². The van der Waals surface area contributed by atoms with Gasteiger partial charge in [0.2, 0.25) is 10.0 Å². The molecule has 0 aliphatic carbocycles. The number of anilines is 1. The number of carbonyl (C=O) groups excluding carboxylic acids is 1. The number of hydrogen-bond donors (Lipinski definition) is 1. The molecule has 1 amide bonds. The minimum Gasteiger partial charge on any atom is -0.350 e. The van der Waals surface area contributed by atoms with Gasteiger partial charge in [0.05, 0.1) is 18.5 Å². The fourth-order valence-electron chi connectivity index (χ4n) is 2.20. The maximum atomic E-state index is 13.3. The second kappa shape index (κ2) is 7.44. The van der Waals surface area contributed by atoms with Crippen LogP contribution in [-0.4, -0.2) is 33.7 Å². The molecule has 0 aliphatic heterocycles. The van der Waals surface area contributed by atoms with Gasteiger partial charge in [-0.05, 0) is 37.3 Å². The Morgan fingerprint density at radius 3 is 2.42 bits per heavy atom. The van der Waals surface area contributed by atoms with Crippen molar-refractivity contribution in [1.82, 2.24) is 5.32 Å². The Morgan fingerprint density at radius 2 is 1.83 bits per heavy atom. The first-order valence-corrected chi connectivity index (χ1v) is 9.20. The number of amides is 1. The van der Waals surface area contributed by atoms with Crippen LogP contribution in [0.3, 0.4) is 0 Å². The summed E-state index contributed by atoms with van der Waals surface area (Å²) in [6.45, 7) is 2.04. The molecular weight excluding hydrogens is 331 g/mol. The van der Waals surface area contributed by atoms with E-state index < -0.39 is 15.8 Å². The fourth-order valence-corrected chi connectivity index (χ4v) is 3.12. The lowest BCUT2D eigenvalue weighted by Gasteiger charge is -2.22. The minimum absolute atomic E-state index is 0.0138. The standard InChI is InChI=1S/C17H19FN2O3S/c1-13-6-8-14(9-7-13)17(21)19-10-11-20(24(2,22)23)16-5-3-4-15(18)12-16/h3-9,12H,10-11H2,1-2H3,(H,19,21). The highest BCUT2D eigenvalue weighted by Gasteiger charge is 2.18. The Hall–Kier alpha value is -2.41. The SMILES string of the molecule is Cc1ccc(C(=O)NCCN(c2cccc(F)c2)S(C)(=O)=O)cc1. The quantitative estimate of drug-likeness (QED) is 0.869. The number of nitrogens with one attached hydrogen (secondary N) is 1. The van der Waals surface area contributed by atoms with Gasteiger partial charge in [-0.25, -0.2) is 12.8 Å². The molecule has 2 aromatic rings. The summed E-state index contributed by atoms with van der Waals surface area (Å²) in [5, 5.41) is 2.67. The first kappa shape index (κ1) is 17.9. The summed E-state index contributed by atoms with van der Waals surface area (Å²) in [5.41, 5.74) is 1.76. The van der Waals surface area contributed by atoms with Crippen molar-refractivity contribution in [2.75, 3.05) is 23.7 Å². The highest BCUT2D eigenvalue weighted by Crippen LogP contribution is 2.18. The normalized spacial score (nSPS) is 11.1. The topological polar surface area (TPSA) is 66.5 Å². The van der Waals surface area contributed by atoms with Crippen molar-refractivity contribution >= 4 is 21.6 Å². The Balaban J connectivity index is 2.04. The number of halogens is 1. The van der Waals surface area contributed by atoms with E-state index in [1.165, 1.54) is 18.2 Å². The van der Waals surface area contributed by atoms with E-state index in [9.17, 15) is 17.6 Å². The van der Waals surface area contributed by atoms with Gasteiger partial charge in [0.25, 0.3) is 5.91 Å². The van der Waals surface area contributed by atoms with Crippen LogP contribution in [0.5, 0.6) is 0 Å². The lowest BCUT2D eigenvalue weighted by molar-refractivity contribution is 0.0955. The van der Waals surface area contributed by atoms with E-state index in [0.29, 0.717) is 5.56 Å². The van der Waals surface area contributed by atoms with Gasteiger partial charge in [-0.3, -0.25) is 9.10 Å². The van der Waals surface area contributed by atoms with Gasteiger partial charge in [-0.1, -0.05) is 23.8 Å². The molecule has 0 spiro atoms. The van der Waals surface area contributed by atoms with Crippen molar-refractivity contribution in [3.63, 3.8) is 0 Å². The average molecular weight is 350 g/mol. The number of carbonyl (C=O) groups is 1. The Kier molecular flexibility index (Phi) is 5.56. The summed E-state index contributed by atoms with van der Waals surface area (Å²) in [6, 6.07) is 12.4. The molecule has 2 rings (SSSR count). The number of benzene rings is 2. The van der Waals surface area contributed by atoms with Crippen LogP contribution in [0.25, 0.3) is 0 Å². The van der Waals surface area contributed by atoms with Crippen LogP contribution < -0.4 is 9.62 Å².